The molecule has 0 aliphatic carbocycles. The summed E-state index contributed by atoms with van der Waals surface area (Å²) in [6.45, 7) is 4.12. The van der Waals surface area contributed by atoms with Crippen LogP contribution in [-0.2, 0) is 4.74 Å². The lowest BCUT2D eigenvalue weighted by Gasteiger charge is -2.26. The molecule has 2 rings (SSSR count). The highest BCUT2D eigenvalue weighted by atomic mass is 32.1. The fraction of sp³-hybridized carbons (Fsp3) is 0.556. The van der Waals surface area contributed by atoms with Crippen LogP contribution in [0.5, 0.6) is 11.5 Å². The summed E-state index contributed by atoms with van der Waals surface area (Å²) >= 11 is 5.22. The molecule has 28 heavy (non-hydrogen) atoms. The van der Waals surface area contributed by atoms with Crippen molar-refractivity contribution < 1.29 is 23.0 Å². The van der Waals surface area contributed by atoms with Gasteiger partial charge in [0.25, 0.3) is 0 Å². The molecule has 0 bridgehead atoms. The number of halogens is 2. The molecule has 0 aromatic heterocycles. The van der Waals surface area contributed by atoms with Crippen LogP contribution in [-0.4, -0.2) is 68.8 Å². The van der Waals surface area contributed by atoms with Gasteiger partial charge in [0.1, 0.15) is 0 Å². The summed E-state index contributed by atoms with van der Waals surface area (Å²) in [5, 5.41) is 7.75. The number of hydrazone groups is 1. The van der Waals surface area contributed by atoms with Crippen LogP contribution in [0.3, 0.4) is 0 Å². The van der Waals surface area contributed by atoms with Gasteiger partial charge in [-0.3, -0.25) is 10.3 Å². The van der Waals surface area contributed by atoms with E-state index in [1.807, 2.05) is 0 Å². The number of nitrogens with one attached hydrogen (secondary N) is 2. The number of alkyl halides is 2. The molecule has 0 spiro atoms. The van der Waals surface area contributed by atoms with Crippen LogP contribution < -0.4 is 20.2 Å². The van der Waals surface area contributed by atoms with E-state index in [0.29, 0.717) is 16.4 Å². The number of ether oxygens (including phenoxy) is 3. The van der Waals surface area contributed by atoms with E-state index in [1.165, 1.54) is 13.2 Å². The van der Waals surface area contributed by atoms with Crippen LogP contribution in [0, 0.1) is 0 Å². The zero-order chi connectivity index (χ0) is 20.4. The first-order chi connectivity index (χ1) is 13.5. The molecule has 1 aromatic carbocycles. The molecule has 156 valence electrons. The quantitative estimate of drug-likeness (QED) is 0.277. The predicted octanol–water partition coefficient (Wildman–Crippen LogP) is 2.21. The molecular weight excluding hydrogens is 390 g/mol. The molecule has 0 saturated carbocycles. The van der Waals surface area contributed by atoms with Gasteiger partial charge < -0.3 is 19.5 Å². The Morgan fingerprint density at radius 3 is 2.75 bits per heavy atom. The minimum atomic E-state index is -2.91. The van der Waals surface area contributed by atoms with E-state index in [-0.39, 0.29) is 11.5 Å². The van der Waals surface area contributed by atoms with Crippen LogP contribution in [0.4, 0.5) is 8.78 Å². The SMILES string of the molecule is COc1cc(/C(C)=N\NC(=S)NCCCN2CCOCC2)ccc1OC(F)F. The fourth-order valence-corrected chi connectivity index (χ4v) is 2.80. The zero-order valence-corrected chi connectivity index (χ0v) is 16.9. The molecule has 2 N–H and O–H groups in total. The largest absolute Gasteiger partial charge is 0.493 e. The number of rotatable bonds is 9. The van der Waals surface area contributed by atoms with Crippen molar-refractivity contribution in [1.29, 1.82) is 0 Å². The summed E-state index contributed by atoms with van der Waals surface area (Å²) in [7, 11) is 1.39. The number of hydrogen-bond acceptors (Lipinski definition) is 6. The maximum absolute atomic E-state index is 12.4. The Labute approximate surface area is 169 Å². The van der Waals surface area contributed by atoms with Crippen LogP contribution in [0.2, 0.25) is 0 Å². The highest BCUT2D eigenvalue weighted by Gasteiger charge is 2.12. The Kier molecular flexibility index (Phi) is 9.32. The van der Waals surface area contributed by atoms with Crippen molar-refractivity contribution in [1.82, 2.24) is 15.6 Å². The van der Waals surface area contributed by atoms with Gasteiger partial charge in [0.05, 0.1) is 26.0 Å². The lowest BCUT2D eigenvalue weighted by atomic mass is 10.1. The molecule has 1 aliphatic heterocycles. The number of hydrogen-bond donors (Lipinski definition) is 2. The summed E-state index contributed by atoms with van der Waals surface area (Å²) in [5.41, 5.74) is 4.11. The van der Waals surface area contributed by atoms with E-state index < -0.39 is 6.61 Å². The van der Waals surface area contributed by atoms with Gasteiger partial charge in [-0.2, -0.15) is 13.9 Å². The van der Waals surface area contributed by atoms with Crippen LogP contribution >= 0.6 is 12.2 Å². The number of morpholine rings is 1. The van der Waals surface area contributed by atoms with Crippen molar-refractivity contribution in [3.05, 3.63) is 23.8 Å². The lowest BCUT2D eigenvalue weighted by molar-refractivity contribution is -0.0512. The van der Waals surface area contributed by atoms with E-state index >= 15 is 0 Å². The molecule has 1 fully saturated rings. The van der Waals surface area contributed by atoms with E-state index in [4.69, 9.17) is 21.7 Å². The third-order valence-electron chi connectivity index (χ3n) is 4.16. The first-order valence-corrected chi connectivity index (χ1v) is 9.42. The van der Waals surface area contributed by atoms with Gasteiger partial charge in [-0.1, -0.05) is 0 Å². The summed E-state index contributed by atoms with van der Waals surface area (Å²) in [6, 6.07) is 4.62. The molecule has 1 aromatic rings. The van der Waals surface area contributed by atoms with Crippen molar-refractivity contribution >= 4 is 23.0 Å². The Balaban J connectivity index is 1.78. The van der Waals surface area contributed by atoms with Gasteiger partial charge in [0.2, 0.25) is 0 Å². The second kappa shape index (κ2) is 11.7. The van der Waals surface area contributed by atoms with Crippen LogP contribution in [0.25, 0.3) is 0 Å². The second-order valence-electron chi connectivity index (χ2n) is 6.12. The minimum absolute atomic E-state index is 0.0283. The maximum Gasteiger partial charge on any atom is 0.387 e. The molecule has 7 nitrogen and oxygen atoms in total. The van der Waals surface area contributed by atoms with Gasteiger partial charge in [0.15, 0.2) is 16.6 Å². The molecule has 0 atom stereocenters. The van der Waals surface area contributed by atoms with Crippen molar-refractivity contribution in [2.75, 3.05) is 46.5 Å². The molecule has 1 saturated heterocycles. The Hall–Kier alpha value is -2.04. The van der Waals surface area contributed by atoms with Crippen molar-refractivity contribution in [3.8, 4) is 11.5 Å². The summed E-state index contributed by atoms with van der Waals surface area (Å²) in [6.07, 6.45) is 0.966. The van der Waals surface area contributed by atoms with Crippen LogP contribution in [0.1, 0.15) is 18.9 Å². The Morgan fingerprint density at radius 2 is 2.07 bits per heavy atom. The fourth-order valence-electron chi connectivity index (χ4n) is 2.65. The highest BCUT2D eigenvalue weighted by molar-refractivity contribution is 7.80. The minimum Gasteiger partial charge on any atom is -0.493 e. The summed E-state index contributed by atoms with van der Waals surface area (Å²) < 4.78 is 39.6. The summed E-state index contributed by atoms with van der Waals surface area (Å²) in [4.78, 5) is 2.36. The number of benzene rings is 1. The average molecular weight is 416 g/mol. The topological polar surface area (TPSA) is 67.4 Å². The number of thiocarbonyl (C=S) groups is 1. The molecule has 1 heterocycles. The van der Waals surface area contributed by atoms with E-state index in [2.05, 4.69) is 25.5 Å². The lowest BCUT2D eigenvalue weighted by Crippen LogP contribution is -2.39. The molecule has 0 radical (unpaired) electrons. The van der Waals surface area contributed by atoms with Gasteiger partial charge in [-0.15, -0.1) is 0 Å². The average Bonchev–Trinajstić information content (AvgIpc) is 2.70. The third-order valence-corrected chi connectivity index (χ3v) is 4.40. The van der Waals surface area contributed by atoms with Gasteiger partial charge >= 0.3 is 6.61 Å². The van der Waals surface area contributed by atoms with E-state index in [0.717, 1.165) is 45.8 Å². The molecule has 0 unspecified atom stereocenters. The van der Waals surface area contributed by atoms with E-state index in [1.54, 1.807) is 19.1 Å². The van der Waals surface area contributed by atoms with Gasteiger partial charge in [-0.25, -0.2) is 0 Å². The number of methoxy groups -OCH3 is 1. The monoisotopic (exact) mass is 416 g/mol. The normalized spacial score (nSPS) is 15.4. The molecule has 1 aliphatic rings. The van der Waals surface area contributed by atoms with Crippen LogP contribution in [0.15, 0.2) is 23.3 Å². The molecule has 10 heteroatoms. The zero-order valence-electron chi connectivity index (χ0n) is 16.0. The smallest absolute Gasteiger partial charge is 0.387 e. The third kappa shape index (κ3) is 7.53. The maximum atomic E-state index is 12.4. The Morgan fingerprint density at radius 1 is 1.32 bits per heavy atom. The van der Waals surface area contributed by atoms with Gasteiger partial charge in [0, 0.05) is 25.2 Å². The van der Waals surface area contributed by atoms with Gasteiger partial charge in [-0.05, 0) is 50.3 Å². The Bertz CT molecular complexity index is 670. The second-order valence-corrected chi connectivity index (χ2v) is 6.52. The van der Waals surface area contributed by atoms with Crippen molar-refractivity contribution in [3.63, 3.8) is 0 Å². The number of nitrogens with zero attached hydrogens (tertiary/aromatic N) is 2. The highest BCUT2D eigenvalue weighted by Crippen LogP contribution is 2.29. The predicted molar refractivity (Wildman–Crippen MR) is 107 cm³/mol. The summed E-state index contributed by atoms with van der Waals surface area (Å²) in [5.74, 6) is 0.177. The van der Waals surface area contributed by atoms with E-state index in [9.17, 15) is 8.78 Å². The van der Waals surface area contributed by atoms with Crippen molar-refractivity contribution in [2.45, 2.75) is 20.0 Å². The van der Waals surface area contributed by atoms with Crippen molar-refractivity contribution in [2.24, 2.45) is 5.10 Å². The first-order valence-electron chi connectivity index (χ1n) is 9.01. The first kappa shape index (κ1) is 22.3. The molecular formula is C18H26F2N4O3S. The molecule has 0 amide bonds. The standard InChI is InChI=1S/C18H26F2N4O3S/c1-13(14-4-5-15(27-17(19)20)16(12-14)25-2)22-23-18(28)21-6-3-7-24-8-10-26-11-9-24/h4-5,12,17H,3,6-11H2,1-2H3,(H2,21,23,28)/b22-13-.